The van der Waals surface area contributed by atoms with Gasteiger partial charge < -0.3 is 0 Å². The SMILES string of the molecule is CCCCCC[P]Cc1ccccc1. The molecule has 0 atom stereocenters. The third kappa shape index (κ3) is 5.40. The van der Waals surface area contributed by atoms with Gasteiger partial charge in [0.1, 0.15) is 0 Å². The van der Waals surface area contributed by atoms with Gasteiger partial charge in [0.15, 0.2) is 0 Å². The number of rotatable bonds is 7. The van der Waals surface area contributed by atoms with E-state index in [4.69, 9.17) is 0 Å². The number of hydrogen-bond donors (Lipinski definition) is 0. The highest BCUT2D eigenvalue weighted by Gasteiger charge is 1.92. The molecular formula is C13H20P. The molecule has 0 aromatic heterocycles. The molecule has 0 aliphatic heterocycles. The van der Waals surface area contributed by atoms with Crippen molar-refractivity contribution in [3.05, 3.63) is 35.9 Å². The Morgan fingerprint density at radius 1 is 1.00 bits per heavy atom. The molecule has 0 saturated carbocycles. The minimum absolute atomic E-state index is 1.23. The van der Waals surface area contributed by atoms with Gasteiger partial charge in [0.05, 0.1) is 0 Å². The Bertz CT molecular complexity index is 218. The highest BCUT2D eigenvalue weighted by atomic mass is 31.1. The highest BCUT2D eigenvalue weighted by molar-refractivity contribution is 7.37. The van der Waals surface area contributed by atoms with E-state index in [9.17, 15) is 0 Å². The van der Waals surface area contributed by atoms with Crippen LogP contribution in [0.2, 0.25) is 0 Å². The van der Waals surface area contributed by atoms with Crippen LogP contribution in [0.15, 0.2) is 30.3 Å². The lowest BCUT2D eigenvalue weighted by atomic mass is 10.2. The zero-order valence-electron chi connectivity index (χ0n) is 9.08. The molecule has 0 bridgehead atoms. The fourth-order valence-electron chi connectivity index (χ4n) is 1.44. The van der Waals surface area contributed by atoms with Crippen LogP contribution < -0.4 is 0 Å². The molecule has 0 fully saturated rings. The predicted molar refractivity (Wildman–Crippen MR) is 66.1 cm³/mol. The summed E-state index contributed by atoms with van der Waals surface area (Å²) in [5, 5.41) is 0. The van der Waals surface area contributed by atoms with Gasteiger partial charge in [0.2, 0.25) is 0 Å². The van der Waals surface area contributed by atoms with E-state index in [0.29, 0.717) is 0 Å². The summed E-state index contributed by atoms with van der Waals surface area (Å²) in [5.41, 5.74) is 1.48. The van der Waals surface area contributed by atoms with Crippen molar-refractivity contribution in [3.8, 4) is 0 Å². The normalized spacial score (nSPS) is 11.2. The summed E-state index contributed by atoms with van der Waals surface area (Å²) in [6.45, 7) is 2.27. The van der Waals surface area contributed by atoms with Gasteiger partial charge in [0.25, 0.3) is 0 Å². The first-order valence-corrected chi connectivity index (χ1v) is 6.87. The summed E-state index contributed by atoms with van der Waals surface area (Å²) in [7, 11) is 1.59. The van der Waals surface area contributed by atoms with Crippen LogP contribution >= 0.6 is 8.58 Å². The van der Waals surface area contributed by atoms with Crippen LogP contribution in [0.1, 0.15) is 38.2 Å². The van der Waals surface area contributed by atoms with Crippen molar-refractivity contribution in [1.82, 2.24) is 0 Å². The Morgan fingerprint density at radius 3 is 2.50 bits per heavy atom. The molecule has 0 aliphatic rings. The molecule has 1 aromatic rings. The van der Waals surface area contributed by atoms with Gasteiger partial charge in [-0.2, -0.15) is 0 Å². The molecule has 0 heterocycles. The average molecular weight is 207 g/mol. The Labute approximate surface area is 89.9 Å². The van der Waals surface area contributed by atoms with E-state index in [1.54, 1.807) is 8.58 Å². The van der Waals surface area contributed by atoms with Crippen molar-refractivity contribution in [1.29, 1.82) is 0 Å². The molecule has 0 spiro atoms. The number of hydrogen-bond acceptors (Lipinski definition) is 0. The van der Waals surface area contributed by atoms with Gasteiger partial charge in [-0.05, 0) is 24.3 Å². The van der Waals surface area contributed by atoms with E-state index < -0.39 is 0 Å². The quantitative estimate of drug-likeness (QED) is 0.448. The molecule has 0 aliphatic carbocycles. The van der Waals surface area contributed by atoms with Crippen molar-refractivity contribution >= 4 is 8.58 Å². The predicted octanol–water partition coefficient (Wildman–Crippen LogP) is 4.71. The second-order valence-corrected chi connectivity index (χ2v) is 4.86. The average Bonchev–Trinajstić information content (AvgIpc) is 2.25. The van der Waals surface area contributed by atoms with Crippen molar-refractivity contribution in [2.75, 3.05) is 6.16 Å². The minimum Gasteiger partial charge on any atom is -0.0762 e. The highest BCUT2D eigenvalue weighted by Crippen LogP contribution is 2.20. The van der Waals surface area contributed by atoms with Crippen molar-refractivity contribution in [3.63, 3.8) is 0 Å². The third-order valence-electron chi connectivity index (χ3n) is 2.31. The molecule has 0 N–H and O–H groups in total. The molecule has 0 unspecified atom stereocenters. The van der Waals surface area contributed by atoms with Crippen molar-refractivity contribution < 1.29 is 0 Å². The maximum absolute atomic E-state index is 2.27. The molecule has 0 nitrogen and oxygen atoms in total. The van der Waals surface area contributed by atoms with Gasteiger partial charge in [-0.3, -0.25) is 0 Å². The van der Waals surface area contributed by atoms with E-state index in [2.05, 4.69) is 37.3 Å². The molecule has 0 saturated heterocycles. The molecule has 77 valence electrons. The summed E-state index contributed by atoms with van der Waals surface area (Å²) in [6, 6.07) is 10.8. The Hall–Kier alpha value is -0.350. The second-order valence-electron chi connectivity index (χ2n) is 3.65. The first kappa shape index (κ1) is 11.7. The molecule has 1 rings (SSSR count). The van der Waals surface area contributed by atoms with Gasteiger partial charge in [-0.25, -0.2) is 0 Å². The molecule has 0 amide bonds. The van der Waals surface area contributed by atoms with Crippen LogP contribution in [0.25, 0.3) is 0 Å². The van der Waals surface area contributed by atoms with Crippen LogP contribution in [0.5, 0.6) is 0 Å². The lowest BCUT2D eigenvalue weighted by molar-refractivity contribution is 0.705. The molecule has 1 aromatic carbocycles. The van der Waals surface area contributed by atoms with Crippen LogP contribution in [-0.4, -0.2) is 6.16 Å². The smallest absolute Gasteiger partial charge is 0.00342 e. The van der Waals surface area contributed by atoms with Crippen molar-refractivity contribution in [2.24, 2.45) is 0 Å². The van der Waals surface area contributed by atoms with E-state index in [0.717, 1.165) is 0 Å². The lowest BCUT2D eigenvalue weighted by Crippen LogP contribution is -1.81. The Balaban J connectivity index is 1.99. The van der Waals surface area contributed by atoms with Crippen LogP contribution in [0.4, 0.5) is 0 Å². The summed E-state index contributed by atoms with van der Waals surface area (Å²) < 4.78 is 0. The van der Waals surface area contributed by atoms with Gasteiger partial charge in [-0.15, -0.1) is 0 Å². The monoisotopic (exact) mass is 207 g/mol. The maximum Gasteiger partial charge on any atom is -0.00342 e. The fraction of sp³-hybridized carbons (Fsp3) is 0.538. The topological polar surface area (TPSA) is 0 Å². The summed E-state index contributed by atoms with van der Waals surface area (Å²) >= 11 is 0. The first-order valence-electron chi connectivity index (χ1n) is 5.60. The summed E-state index contributed by atoms with van der Waals surface area (Å²) in [4.78, 5) is 0. The van der Waals surface area contributed by atoms with Crippen molar-refractivity contribution in [2.45, 2.75) is 38.8 Å². The van der Waals surface area contributed by atoms with Crippen LogP contribution in [-0.2, 0) is 6.16 Å². The van der Waals surface area contributed by atoms with Crippen LogP contribution in [0.3, 0.4) is 0 Å². The summed E-state index contributed by atoms with van der Waals surface area (Å²) in [5.74, 6) is 0. The second kappa shape index (κ2) is 8.00. The summed E-state index contributed by atoms with van der Waals surface area (Å²) in [6.07, 6.45) is 8.17. The zero-order chi connectivity index (χ0) is 10.1. The molecule has 1 radical (unpaired) electrons. The lowest BCUT2D eigenvalue weighted by Gasteiger charge is -2.00. The molecule has 14 heavy (non-hydrogen) atoms. The van der Waals surface area contributed by atoms with Gasteiger partial charge >= 0.3 is 0 Å². The fourth-order valence-corrected chi connectivity index (χ4v) is 2.52. The van der Waals surface area contributed by atoms with E-state index in [-0.39, 0.29) is 0 Å². The van der Waals surface area contributed by atoms with E-state index in [1.807, 2.05) is 0 Å². The van der Waals surface area contributed by atoms with E-state index >= 15 is 0 Å². The molecular weight excluding hydrogens is 187 g/mol. The number of benzene rings is 1. The van der Waals surface area contributed by atoms with Gasteiger partial charge in [-0.1, -0.05) is 65.1 Å². The maximum atomic E-state index is 2.27. The minimum atomic E-state index is 1.23. The third-order valence-corrected chi connectivity index (χ3v) is 3.53. The zero-order valence-corrected chi connectivity index (χ0v) is 9.97. The largest absolute Gasteiger partial charge is 0.0762 e. The van der Waals surface area contributed by atoms with Gasteiger partial charge in [0, 0.05) is 0 Å². The molecule has 1 heteroatoms. The number of unbranched alkanes of at least 4 members (excludes halogenated alkanes) is 3. The Kier molecular flexibility index (Phi) is 6.70. The van der Waals surface area contributed by atoms with Crippen LogP contribution in [0, 0.1) is 0 Å². The first-order chi connectivity index (χ1) is 6.93. The standard InChI is InChI=1S/C13H20P/c1-2-3-4-8-11-14-12-13-9-6-5-7-10-13/h5-7,9-10H,2-4,8,11-12H2,1H3. The Morgan fingerprint density at radius 2 is 1.79 bits per heavy atom. The van der Waals surface area contributed by atoms with E-state index in [1.165, 1.54) is 43.6 Å².